The van der Waals surface area contributed by atoms with Crippen molar-refractivity contribution in [1.82, 2.24) is 15.3 Å². The van der Waals surface area contributed by atoms with Gasteiger partial charge in [0, 0.05) is 37.5 Å². The molecule has 0 aliphatic carbocycles. The minimum absolute atomic E-state index is 0.111. The molecule has 30 heavy (non-hydrogen) atoms. The molecule has 0 atom stereocenters. The summed E-state index contributed by atoms with van der Waals surface area (Å²) in [4.78, 5) is 29.6. The maximum absolute atomic E-state index is 12.6. The lowest BCUT2D eigenvalue weighted by Gasteiger charge is -2.13. The summed E-state index contributed by atoms with van der Waals surface area (Å²) in [5, 5.41) is 13.5. The lowest BCUT2D eigenvalue weighted by Crippen LogP contribution is -2.26. The van der Waals surface area contributed by atoms with Crippen LogP contribution in [0.2, 0.25) is 0 Å². The zero-order valence-electron chi connectivity index (χ0n) is 15.7. The van der Waals surface area contributed by atoms with E-state index in [1.807, 2.05) is 0 Å². The molecule has 0 aliphatic rings. The van der Waals surface area contributed by atoms with Crippen LogP contribution in [-0.4, -0.2) is 35.8 Å². The first-order chi connectivity index (χ1) is 14.4. The van der Waals surface area contributed by atoms with Crippen LogP contribution in [0.15, 0.2) is 65.8 Å². The van der Waals surface area contributed by atoms with Gasteiger partial charge in [-0.25, -0.2) is 13.4 Å². The Kier molecular flexibility index (Phi) is 6.42. The van der Waals surface area contributed by atoms with Gasteiger partial charge in [-0.05, 0) is 30.7 Å². The van der Waals surface area contributed by atoms with Crippen molar-refractivity contribution in [2.24, 2.45) is 0 Å². The van der Waals surface area contributed by atoms with Crippen LogP contribution in [0.4, 0.5) is 11.4 Å². The van der Waals surface area contributed by atoms with Gasteiger partial charge >= 0.3 is 0 Å². The largest absolute Gasteiger partial charge is 0.352 e. The first kappa shape index (κ1) is 21.0. The van der Waals surface area contributed by atoms with E-state index in [0.29, 0.717) is 19.4 Å². The molecule has 10 nitrogen and oxygen atoms in total. The molecular weight excluding hydrogens is 410 g/mol. The van der Waals surface area contributed by atoms with E-state index in [-0.39, 0.29) is 21.8 Å². The second-order valence-corrected chi connectivity index (χ2v) is 7.98. The molecule has 0 radical (unpaired) electrons. The third kappa shape index (κ3) is 5.20. The Labute approximate surface area is 172 Å². The molecule has 3 N–H and O–H groups in total. The van der Waals surface area contributed by atoms with Crippen LogP contribution in [-0.2, 0) is 16.4 Å². The quantitative estimate of drug-likeness (QED) is 0.270. The summed E-state index contributed by atoms with van der Waals surface area (Å²) in [6.45, 7) is 0.392. The summed E-state index contributed by atoms with van der Waals surface area (Å²) in [7, 11) is -4.03. The molecule has 0 saturated carbocycles. The summed E-state index contributed by atoms with van der Waals surface area (Å²) < 4.78 is 27.6. The Morgan fingerprint density at radius 3 is 2.53 bits per heavy atom. The maximum Gasteiger partial charge on any atom is 0.269 e. The van der Waals surface area contributed by atoms with Gasteiger partial charge in [0.2, 0.25) is 0 Å². The molecule has 0 aliphatic heterocycles. The fourth-order valence-electron chi connectivity index (χ4n) is 2.71. The van der Waals surface area contributed by atoms with Gasteiger partial charge in [-0.3, -0.25) is 19.6 Å². The summed E-state index contributed by atoms with van der Waals surface area (Å²) in [5.41, 5.74) is 0.0589. The second kappa shape index (κ2) is 9.18. The number of nitrogens with one attached hydrogen (secondary N) is 3. The van der Waals surface area contributed by atoms with Crippen LogP contribution >= 0.6 is 0 Å². The first-order valence-electron chi connectivity index (χ1n) is 8.99. The van der Waals surface area contributed by atoms with Crippen LogP contribution < -0.4 is 10.0 Å². The highest BCUT2D eigenvalue weighted by atomic mass is 32.2. The van der Waals surface area contributed by atoms with Crippen LogP contribution in [0.3, 0.4) is 0 Å². The zero-order valence-corrected chi connectivity index (χ0v) is 16.6. The molecule has 1 aromatic heterocycles. The Bertz CT molecular complexity index is 1130. The number of imidazole rings is 1. The number of hydrogen-bond acceptors (Lipinski definition) is 6. The van der Waals surface area contributed by atoms with Crippen molar-refractivity contribution >= 4 is 27.3 Å². The number of aromatic amines is 1. The number of carbonyl (C=O) groups excluding carboxylic acids is 1. The van der Waals surface area contributed by atoms with Gasteiger partial charge in [-0.2, -0.15) is 0 Å². The van der Waals surface area contributed by atoms with Crippen molar-refractivity contribution in [3.8, 4) is 0 Å². The third-order valence-electron chi connectivity index (χ3n) is 4.20. The number of para-hydroxylation sites is 1. The third-order valence-corrected chi connectivity index (χ3v) is 5.59. The predicted molar refractivity (Wildman–Crippen MR) is 110 cm³/mol. The van der Waals surface area contributed by atoms with E-state index in [1.165, 1.54) is 12.1 Å². The Hall–Kier alpha value is -3.73. The smallest absolute Gasteiger partial charge is 0.269 e. The molecule has 2 aromatic carbocycles. The molecule has 0 unspecified atom stereocenters. The Morgan fingerprint density at radius 2 is 1.87 bits per heavy atom. The molecule has 1 amide bonds. The Morgan fingerprint density at radius 1 is 1.13 bits per heavy atom. The van der Waals surface area contributed by atoms with E-state index in [2.05, 4.69) is 20.0 Å². The maximum atomic E-state index is 12.6. The van der Waals surface area contributed by atoms with Crippen LogP contribution in [0.25, 0.3) is 0 Å². The van der Waals surface area contributed by atoms with Gasteiger partial charge < -0.3 is 10.3 Å². The minimum atomic E-state index is -4.03. The predicted octanol–water partition coefficient (Wildman–Crippen LogP) is 2.48. The van der Waals surface area contributed by atoms with E-state index >= 15 is 0 Å². The lowest BCUT2D eigenvalue weighted by atomic mass is 10.1. The van der Waals surface area contributed by atoms with Gasteiger partial charge in [0.25, 0.3) is 21.6 Å². The number of amides is 1. The standard InChI is InChI=1S/C19H19N5O5S/c25-19(22-11-3-6-18-20-12-13-21-18)16-4-1-2-5-17(16)23-30(28,29)15-9-7-14(8-10-15)24(26)27/h1-2,4-5,7-10,12-13,23H,3,6,11H2,(H,20,21)(H,22,25). The number of hydrogen-bond donors (Lipinski definition) is 3. The highest BCUT2D eigenvalue weighted by molar-refractivity contribution is 7.92. The number of aromatic nitrogens is 2. The number of sulfonamides is 1. The number of carbonyl (C=O) groups is 1. The molecule has 11 heteroatoms. The fraction of sp³-hybridized carbons (Fsp3) is 0.158. The van der Waals surface area contributed by atoms with E-state index in [9.17, 15) is 23.3 Å². The SMILES string of the molecule is O=C(NCCCc1ncc[nH]1)c1ccccc1NS(=O)(=O)c1ccc([N+](=O)[O-])cc1. The van der Waals surface area contributed by atoms with Crippen molar-refractivity contribution in [2.75, 3.05) is 11.3 Å². The van der Waals surface area contributed by atoms with E-state index < -0.39 is 20.9 Å². The van der Waals surface area contributed by atoms with Gasteiger partial charge in [-0.1, -0.05) is 12.1 Å². The monoisotopic (exact) mass is 429 g/mol. The number of nitrogens with zero attached hydrogens (tertiary/aromatic N) is 2. The summed E-state index contributed by atoms with van der Waals surface area (Å²) >= 11 is 0. The van der Waals surface area contributed by atoms with Crippen molar-refractivity contribution in [2.45, 2.75) is 17.7 Å². The van der Waals surface area contributed by atoms with E-state index in [1.54, 1.807) is 24.5 Å². The molecule has 1 heterocycles. The number of nitro benzene ring substituents is 1. The van der Waals surface area contributed by atoms with Gasteiger partial charge in [0.05, 0.1) is 21.1 Å². The van der Waals surface area contributed by atoms with Crippen molar-refractivity contribution in [3.63, 3.8) is 0 Å². The summed E-state index contributed by atoms with van der Waals surface area (Å²) in [6.07, 6.45) is 4.71. The van der Waals surface area contributed by atoms with E-state index in [4.69, 9.17) is 0 Å². The average Bonchev–Trinajstić information content (AvgIpc) is 3.25. The van der Waals surface area contributed by atoms with E-state index in [0.717, 1.165) is 30.1 Å². The highest BCUT2D eigenvalue weighted by Crippen LogP contribution is 2.22. The minimum Gasteiger partial charge on any atom is -0.352 e. The van der Waals surface area contributed by atoms with Gasteiger partial charge in [0.1, 0.15) is 5.82 Å². The Balaban J connectivity index is 1.67. The topological polar surface area (TPSA) is 147 Å². The molecule has 0 spiro atoms. The van der Waals surface area contributed by atoms with Crippen molar-refractivity contribution in [3.05, 3.63) is 82.4 Å². The number of H-pyrrole nitrogens is 1. The summed E-state index contributed by atoms with van der Waals surface area (Å²) in [5.74, 6) is 0.400. The number of aryl methyl sites for hydroxylation is 1. The first-order valence-corrected chi connectivity index (χ1v) is 10.5. The molecular formula is C19H19N5O5S. The molecule has 3 aromatic rings. The van der Waals surface area contributed by atoms with Crippen LogP contribution in [0.5, 0.6) is 0 Å². The fourth-order valence-corrected chi connectivity index (χ4v) is 3.79. The lowest BCUT2D eigenvalue weighted by molar-refractivity contribution is -0.384. The number of nitro groups is 1. The number of rotatable bonds is 9. The second-order valence-electron chi connectivity index (χ2n) is 6.30. The normalized spacial score (nSPS) is 11.1. The number of anilines is 1. The molecule has 0 bridgehead atoms. The summed E-state index contributed by atoms with van der Waals surface area (Å²) in [6, 6.07) is 10.7. The zero-order chi connectivity index (χ0) is 21.6. The number of non-ortho nitro benzene ring substituents is 1. The molecule has 3 rings (SSSR count). The van der Waals surface area contributed by atoms with Gasteiger partial charge in [0.15, 0.2) is 0 Å². The van der Waals surface area contributed by atoms with Crippen molar-refractivity contribution in [1.29, 1.82) is 0 Å². The van der Waals surface area contributed by atoms with Crippen LogP contribution in [0, 0.1) is 10.1 Å². The number of benzene rings is 2. The molecule has 0 fully saturated rings. The van der Waals surface area contributed by atoms with Gasteiger partial charge in [-0.15, -0.1) is 0 Å². The molecule has 0 saturated heterocycles. The average molecular weight is 429 g/mol. The van der Waals surface area contributed by atoms with Crippen LogP contribution in [0.1, 0.15) is 22.6 Å². The van der Waals surface area contributed by atoms with Crippen molar-refractivity contribution < 1.29 is 18.1 Å². The highest BCUT2D eigenvalue weighted by Gasteiger charge is 2.19. The molecule has 156 valence electrons.